The van der Waals surface area contributed by atoms with Crippen molar-refractivity contribution in [2.45, 2.75) is 18.2 Å². The number of aliphatic hydroxyl groups is 1. The number of ether oxygens (including phenoxy) is 2. The molecule has 1 rings (SSSR count). The summed E-state index contributed by atoms with van der Waals surface area (Å²) < 4.78 is 37.3. The van der Waals surface area contributed by atoms with E-state index in [2.05, 4.69) is 15.9 Å². The number of aliphatic hydroxyl groups excluding tert-OH is 1. The Morgan fingerprint density at radius 3 is 2.24 bits per heavy atom. The number of halogens is 1. The van der Waals surface area contributed by atoms with Gasteiger partial charge in [-0.25, -0.2) is 8.42 Å². The molecule has 0 atom stereocenters. The second kappa shape index (κ2) is 7.98. The van der Waals surface area contributed by atoms with Crippen molar-refractivity contribution < 1.29 is 23.0 Å². The second-order valence-electron chi connectivity index (χ2n) is 4.27. The quantitative estimate of drug-likeness (QED) is 0.743. The highest BCUT2D eigenvalue weighted by molar-refractivity contribution is 9.10. The van der Waals surface area contributed by atoms with Gasteiger partial charge in [-0.05, 0) is 28.4 Å². The Bertz CT molecular complexity index is 570. The Kier molecular flexibility index (Phi) is 6.92. The highest BCUT2D eigenvalue weighted by atomic mass is 79.9. The van der Waals surface area contributed by atoms with Crippen LogP contribution in [0.2, 0.25) is 0 Å². The first-order valence-corrected chi connectivity index (χ1v) is 8.68. The molecule has 0 aliphatic heterocycles. The average Bonchev–Trinajstić information content (AvgIpc) is 2.46. The molecule has 0 unspecified atom stereocenters. The molecule has 0 amide bonds. The summed E-state index contributed by atoms with van der Waals surface area (Å²) in [6.07, 6.45) is 0.657. The summed E-state index contributed by atoms with van der Waals surface area (Å²) in [5.41, 5.74) is 0. The van der Waals surface area contributed by atoms with Crippen LogP contribution in [-0.4, -0.2) is 51.7 Å². The standard InChI is InChI=1S/C13H20BrNO5S/c1-4-5-15(6-7-16)21(17,18)13-9-12(20-3)11(19-2)8-10(13)14/h8-9,16H,4-7H2,1-3H3. The Morgan fingerprint density at radius 1 is 1.19 bits per heavy atom. The highest BCUT2D eigenvalue weighted by Crippen LogP contribution is 2.36. The molecule has 0 bridgehead atoms. The van der Waals surface area contributed by atoms with Crippen molar-refractivity contribution in [3.63, 3.8) is 0 Å². The smallest absolute Gasteiger partial charge is 0.244 e. The fraction of sp³-hybridized carbons (Fsp3) is 0.538. The normalized spacial score (nSPS) is 11.7. The lowest BCUT2D eigenvalue weighted by atomic mass is 10.3. The molecule has 0 aliphatic carbocycles. The molecule has 0 heterocycles. The summed E-state index contributed by atoms with van der Waals surface area (Å²) in [6, 6.07) is 2.97. The van der Waals surface area contributed by atoms with Crippen molar-refractivity contribution in [3.8, 4) is 11.5 Å². The van der Waals surface area contributed by atoms with Crippen molar-refractivity contribution in [1.29, 1.82) is 0 Å². The fourth-order valence-electron chi connectivity index (χ4n) is 1.89. The van der Waals surface area contributed by atoms with E-state index in [1.807, 2.05) is 6.92 Å². The van der Waals surface area contributed by atoms with Crippen LogP contribution in [0.15, 0.2) is 21.5 Å². The van der Waals surface area contributed by atoms with E-state index in [9.17, 15) is 8.42 Å². The molecular weight excluding hydrogens is 362 g/mol. The van der Waals surface area contributed by atoms with E-state index in [1.54, 1.807) is 6.07 Å². The minimum absolute atomic E-state index is 0.0525. The van der Waals surface area contributed by atoms with Crippen LogP contribution in [0.3, 0.4) is 0 Å². The van der Waals surface area contributed by atoms with Crippen molar-refractivity contribution in [2.24, 2.45) is 0 Å². The summed E-state index contributed by atoms with van der Waals surface area (Å²) >= 11 is 3.25. The number of benzene rings is 1. The number of nitrogens with zero attached hydrogens (tertiary/aromatic N) is 1. The molecule has 0 fully saturated rings. The molecule has 0 aromatic heterocycles. The van der Waals surface area contributed by atoms with E-state index in [1.165, 1.54) is 24.6 Å². The number of rotatable bonds is 8. The first-order valence-electron chi connectivity index (χ1n) is 6.44. The van der Waals surface area contributed by atoms with Crippen molar-refractivity contribution in [2.75, 3.05) is 33.9 Å². The summed E-state index contributed by atoms with van der Waals surface area (Å²) in [5, 5.41) is 9.06. The summed E-state index contributed by atoms with van der Waals surface area (Å²) in [7, 11) is -0.799. The topological polar surface area (TPSA) is 76.1 Å². The van der Waals surface area contributed by atoms with E-state index in [-0.39, 0.29) is 18.0 Å². The van der Waals surface area contributed by atoms with Crippen LogP contribution in [-0.2, 0) is 10.0 Å². The molecule has 6 nitrogen and oxygen atoms in total. The van der Waals surface area contributed by atoms with Crippen LogP contribution >= 0.6 is 15.9 Å². The zero-order chi connectivity index (χ0) is 16.0. The van der Waals surface area contributed by atoms with Crippen LogP contribution < -0.4 is 9.47 Å². The molecule has 1 N–H and O–H groups in total. The van der Waals surface area contributed by atoms with E-state index in [4.69, 9.17) is 14.6 Å². The Labute approximate surface area is 133 Å². The van der Waals surface area contributed by atoms with Crippen LogP contribution in [0, 0.1) is 0 Å². The number of hydrogen-bond donors (Lipinski definition) is 1. The first kappa shape index (κ1) is 18.2. The van der Waals surface area contributed by atoms with E-state index >= 15 is 0 Å². The SMILES string of the molecule is CCCN(CCO)S(=O)(=O)c1cc(OC)c(OC)cc1Br. The Balaban J connectivity index is 3.35. The molecule has 8 heteroatoms. The lowest BCUT2D eigenvalue weighted by Crippen LogP contribution is -2.34. The minimum Gasteiger partial charge on any atom is -0.493 e. The lowest BCUT2D eigenvalue weighted by molar-refractivity contribution is 0.253. The molecule has 0 saturated carbocycles. The van der Waals surface area contributed by atoms with Gasteiger partial charge in [0.2, 0.25) is 10.0 Å². The predicted octanol–water partition coefficient (Wildman–Crippen LogP) is 1.86. The number of hydrogen-bond acceptors (Lipinski definition) is 5. The number of sulfonamides is 1. The summed E-state index contributed by atoms with van der Waals surface area (Å²) in [6.45, 7) is 2.04. The summed E-state index contributed by atoms with van der Waals surface area (Å²) in [4.78, 5) is 0.0852. The van der Waals surface area contributed by atoms with Gasteiger partial charge in [0.05, 0.1) is 20.8 Å². The summed E-state index contributed by atoms with van der Waals surface area (Å²) in [5.74, 6) is 0.771. The molecule has 0 aliphatic rings. The maximum absolute atomic E-state index is 12.7. The molecule has 0 saturated heterocycles. The molecule has 1 aromatic carbocycles. The monoisotopic (exact) mass is 381 g/mol. The van der Waals surface area contributed by atoms with Gasteiger partial charge in [0.15, 0.2) is 11.5 Å². The molecular formula is C13H20BrNO5S. The van der Waals surface area contributed by atoms with E-state index < -0.39 is 10.0 Å². The average molecular weight is 382 g/mol. The third-order valence-corrected chi connectivity index (χ3v) is 5.74. The molecule has 0 spiro atoms. The van der Waals surface area contributed by atoms with Gasteiger partial charge < -0.3 is 14.6 Å². The third kappa shape index (κ3) is 4.09. The van der Waals surface area contributed by atoms with Gasteiger partial charge in [-0.3, -0.25) is 0 Å². The third-order valence-electron chi connectivity index (χ3n) is 2.88. The fourth-order valence-corrected chi connectivity index (χ4v) is 4.41. The van der Waals surface area contributed by atoms with Gasteiger partial charge in [-0.1, -0.05) is 6.92 Å². The van der Waals surface area contributed by atoms with Crippen LogP contribution in [0.5, 0.6) is 11.5 Å². The zero-order valence-electron chi connectivity index (χ0n) is 12.3. The number of methoxy groups -OCH3 is 2. The minimum atomic E-state index is -3.72. The van der Waals surface area contributed by atoms with Gasteiger partial charge in [0.1, 0.15) is 4.90 Å². The maximum Gasteiger partial charge on any atom is 0.244 e. The molecule has 0 radical (unpaired) electrons. The molecule has 1 aromatic rings. The van der Waals surface area contributed by atoms with Gasteiger partial charge in [-0.2, -0.15) is 4.31 Å². The molecule has 21 heavy (non-hydrogen) atoms. The van der Waals surface area contributed by atoms with Crippen molar-refractivity contribution in [3.05, 3.63) is 16.6 Å². The lowest BCUT2D eigenvalue weighted by Gasteiger charge is -2.22. The second-order valence-corrected chi connectivity index (χ2v) is 7.03. The van der Waals surface area contributed by atoms with Gasteiger partial charge >= 0.3 is 0 Å². The van der Waals surface area contributed by atoms with Gasteiger partial charge in [0, 0.05) is 23.6 Å². The first-order chi connectivity index (χ1) is 9.92. The van der Waals surface area contributed by atoms with Gasteiger partial charge in [-0.15, -0.1) is 0 Å². The van der Waals surface area contributed by atoms with E-state index in [0.29, 0.717) is 28.9 Å². The largest absolute Gasteiger partial charge is 0.493 e. The maximum atomic E-state index is 12.7. The van der Waals surface area contributed by atoms with Crippen molar-refractivity contribution >= 4 is 26.0 Å². The zero-order valence-corrected chi connectivity index (χ0v) is 14.7. The Hall–Kier alpha value is -0.830. The van der Waals surface area contributed by atoms with Crippen LogP contribution in [0.4, 0.5) is 0 Å². The molecule has 120 valence electrons. The van der Waals surface area contributed by atoms with Crippen LogP contribution in [0.25, 0.3) is 0 Å². The van der Waals surface area contributed by atoms with Crippen molar-refractivity contribution in [1.82, 2.24) is 4.31 Å². The highest BCUT2D eigenvalue weighted by Gasteiger charge is 2.27. The van der Waals surface area contributed by atoms with Crippen LogP contribution in [0.1, 0.15) is 13.3 Å². The Morgan fingerprint density at radius 2 is 1.76 bits per heavy atom. The van der Waals surface area contributed by atoms with Gasteiger partial charge in [0.25, 0.3) is 0 Å². The predicted molar refractivity (Wildman–Crippen MR) is 83.4 cm³/mol. The van der Waals surface area contributed by atoms with E-state index in [0.717, 1.165) is 0 Å².